The molecule has 1 aromatic rings. The molecule has 1 heterocycles. The van der Waals surface area contributed by atoms with Crippen molar-refractivity contribution >= 4 is 33.3 Å². The molecule has 0 amide bonds. The van der Waals surface area contributed by atoms with E-state index in [1.165, 1.54) is 10.4 Å². The van der Waals surface area contributed by atoms with Gasteiger partial charge in [-0.15, -0.1) is 11.3 Å². The Balaban J connectivity index is 2.50. The summed E-state index contributed by atoms with van der Waals surface area (Å²) in [5.41, 5.74) is 1.33. The van der Waals surface area contributed by atoms with Gasteiger partial charge in [-0.25, -0.2) is 0 Å². The van der Waals surface area contributed by atoms with Gasteiger partial charge in [0.1, 0.15) is 0 Å². The second kappa shape index (κ2) is 4.73. The standard InChI is InChI=1S/C9H11BrS/c1-8-6-9(7-11-8)4-2-3-5-10/h2,4,6-7H,3,5H2,1H3. The summed E-state index contributed by atoms with van der Waals surface area (Å²) in [5, 5.41) is 3.23. The monoisotopic (exact) mass is 230 g/mol. The van der Waals surface area contributed by atoms with Gasteiger partial charge < -0.3 is 0 Å². The number of allylic oxidation sites excluding steroid dienone is 1. The molecule has 0 saturated heterocycles. The highest BCUT2D eigenvalue weighted by atomic mass is 79.9. The van der Waals surface area contributed by atoms with Crippen LogP contribution in [0.1, 0.15) is 16.9 Å². The van der Waals surface area contributed by atoms with E-state index in [-0.39, 0.29) is 0 Å². The molecule has 1 aromatic heterocycles. The van der Waals surface area contributed by atoms with Crippen LogP contribution in [0.4, 0.5) is 0 Å². The third-order valence-electron chi connectivity index (χ3n) is 1.34. The van der Waals surface area contributed by atoms with Crippen LogP contribution in [0.5, 0.6) is 0 Å². The van der Waals surface area contributed by atoms with Crippen molar-refractivity contribution in [1.29, 1.82) is 0 Å². The smallest absolute Gasteiger partial charge is 0.00660 e. The van der Waals surface area contributed by atoms with Crippen LogP contribution in [-0.4, -0.2) is 5.33 Å². The summed E-state index contributed by atoms with van der Waals surface area (Å²) in [4.78, 5) is 1.38. The zero-order valence-electron chi connectivity index (χ0n) is 6.51. The quantitative estimate of drug-likeness (QED) is 0.693. The molecule has 2 heteroatoms. The number of rotatable bonds is 3. The van der Waals surface area contributed by atoms with Crippen LogP contribution in [0, 0.1) is 6.92 Å². The normalized spacial score (nSPS) is 11.1. The van der Waals surface area contributed by atoms with Gasteiger partial charge in [-0.2, -0.15) is 0 Å². The van der Waals surface area contributed by atoms with E-state index in [0.717, 1.165) is 11.8 Å². The first kappa shape index (κ1) is 9.01. The Morgan fingerprint density at radius 1 is 1.64 bits per heavy atom. The van der Waals surface area contributed by atoms with Crippen molar-refractivity contribution in [2.24, 2.45) is 0 Å². The van der Waals surface area contributed by atoms with E-state index in [1.807, 2.05) is 0 Å². The van der Waals surface area contributed by atoms with Crippen molar-refractivity contribution < 1.29 is 0 Å². The van der Waals surface area contributed by atoms with Crippen LogP contribution in [0.15, 0.2) is 17.5 Å². The van der Waals surface area contributed by atoms with Gasteiger partial charge in [0.2, 0.25) is 0 Å². The Morgan fingerprint density at radius 3 is 3.00 bits per heavy atom. The third-order valence-corrected chi connectivity index (χ3v) is 2.67. The summed E-state index contributed by atoms with van der Waals surface area (Å²) >= 11 is 5.18. The number of hydrogen-bond acceptors (Lipinski definition) is 1. The first-order chi connectivity index (χ1) is 5.33. The summed E-state index contributed by atoms with van der Waals surface area (Å²) in [6.45, 7) is 2.13. The zero-order chi connectivity index (χ0) is 8.10. The van der Waals surface area contributed by atoms with Crippen molar-refractivity contribution in [2.75, 3.05) is 5.33 Å². The van der Waals surface area contributed by atoms with Crippen molar-refractivity contribution in [3.63, 3.8) is 0 Å². The van der Waals surface area contributed by atoms with Crippen LogP contribution in [0.3, 0.4) is 0 Å². The van der Waals surface area contributed by atoms with Crippen molar-refractivity contribution in [3.05, 3.63) is 28.0 Å². The molecular weight excluding hydrogens is 220 g/mol. The fourth-order valence-corrected chi connectivity index (χ4v) is 1.77. The minimum Gasteiger partial charge on any atom is -0.149 e. The largest absolute Gasteiger partial charge is 0.149 e. The van der Waals surface area contributed by atoms with E-state index in [9.17, 15) is 0 Å². The van der Waals surface area contributed by atoms with Gasteiger partial charge in [0.15, 0.2) is 0 Å². The average Bonchev–Trinajstić information content (AvgIpc) is 2.37. The fraction of sp³-hybridized carbons (Fsp3) is 0.333. The van der Waals surface area contributed by atoms with E-state index in [0.29, 0.717) is 0 Å². The highest BCUT2D eigenvalue weighted by Crippen LogP contribution is 2.14. The van der Waals surface area contributed by atoms with E-state index in [1.54, 1.807) is 11.3 Å². The van der Waals surface area contributed by atoms with E-state index >= 15 is 0 Å². The summed E-state index contributed by atoms with van der Waals surface area (Å²) in [6.07, 6.45) is 5.47. The molecule has 11 heavy (non-hydrogen) atoms. The van der Waals surface area contributed by atoms with Gasteiger partial charge >= 0.3 is 0 Å². The number of aryl methyl sites for hydroxylation is 1. The predicted octanol–water partition coefficient (Wildman–Crippen LogP) is 3.85. The van der Waals surface area contributed by atoms with Crippen LogP contribution in [-0.2, 0) is 0 Å². The van der Waals surface area contributed by atoms with E-state index in [2.05, 4.69) is 46.5 Å². The number of halogens is 1. The summed E-state index contributed by atoms with van der Waals surface area (Å²) in [6, 6.07) is 2.20. The molecule has 0 aliphatic carbocycles. The Bertz CT molecular complexity index is 237. The lowest BCUT2D eigenvalue weighted by Crippen LogP contribution is -1.65. The topological polar surface area (TPSA) is 0 Å². The van der Waals surface area contributed by atoms with E-state index in [4.69, 9.17) is 0 Å². The molecule has 0 radical (unpaired) electrons. The van der Waals surface area contributed by atoms with Crippen LogP contribution >= 0.6 is 27.3 Å². The molecular formula is C9H11BrS. The molecule has 0 N–H and O–H groups in total. The summed E-state index contributed by atoms with van der Waals surface area (Å²) in [7, 11) is 0. The highest BCUT2D eigenvalue weighted by molar-refractivity contribution is 9.09. The molecule has 0 aromatic carbocycles. The van der Waals surface area contributed by atoms with Gasteiger partial charge in [0, 0.05) is 10.2 Å². The maximum absolute atomic E-state index is 3.38. The van der Waals surface area contributed by atoms with Crippen LogP contribution in [0.2, 0.25) is 0 Å². The first-order valence-corrected chi connectivity index (χ1v) is 5.60. The minimum absolute atomic E-state index is 1.05. The molecule has 0 unspecified atom stereocenters. The fourth-order valence-electron chi connectivity index (χ4n) is 0.834. The van der Waals surface area contributed by atoms with Crippen molar-refractivity contribution in [1.82, 2.24) is 0 Å². The molecule has 0 aliphatic rings. The van der Waals surface area contributed by atoms with Crippen LogP contribution in [0.25, 0.3) is 6.08 Å². The SMILES string of the molecule is Cc1cc(C=CCCBr)cs1. The molecule has 0 fully saturated rings. The molecule has 60 valence electrons. The first-order valence-electron chi connectivity index (χ1n) is 3.60. The molecule has 0 bridgehead atoms. The van der Waals surface area contributed by atoms with Gasteiger partial charge in [-0.3, -0.25) is 0 Å². The van der Waals surface area contributed by atoms with Crippen molar-refractivity contribution in [2.45, 2.75) is 13.3 Å². The molecule has 1 rings (SSSR count). The van der Waals surface area contributed by atoms with Gasteiger partial charge in [-0.05, 0) is 30.4 Å². The lowest BCUT2D eigenvalue weighted by Gasteiger charge is -1.82. The number of alkyl halides is 1. The second-order valence-electron chi connectivity index (χ2n) is 2.37. The molecule has 0 aliphatic heterocycles. The van der Waals surface area contributed by atoms with Crippen LogP contribution < -0.4 is 0 Å². The Kier molecular flexibility index (Phi) is 3.87. The predicted molar refractivity (Wildman–Crippen MR) is 56.5 cm³/mol. The van der Waals surface area contributed by atoms with Crippen molar-refractivity contribution in [3.8, 4) is 0 Å². The third kappa shape index (κ3) is 3.21. The minimum atomic E-state index is 1.05. The highest BCUT2D eigenvalue weighted by Gasteiger charge is 1.89. The number of thiophene rings is 1. The maximum atomic E-state index is 3.38. The zero-order valence-corrected chi connectivity index (χ0v) is 8.91. The van der Waals surface area contributed by atoms with Gasteiger partial charge in [-0.1, -0.05) is 28.1 Å². The lowest BCUT2D eigenvalue weighted by molar-refractivity contribution is 1.27. The lowest BCUT2D eigenvalue weighted by atomic mass is 10.3. The number of hydrogen-bond donors (Lipinski definition) is 0. The van der Waals surface area contributed by atoms with Gasteiger partial charge in [0.25, 0.3) is 0 Å². The second-order valence-corrected chi connectivity index (χ2v) is 4.28. The maximum Gasteiger partial charge on any atom is 0.00660 e. The molecule has 0 spiro atoms. The van der Waals surface area contributed by atoms with E-state index < -0.39 is 0 Å². The Labute approximate surface area is 80.1 Å². The summed E-state index contributed by atoms with van der Waals surface area (Å²) in [5.74, 6) is 0. The molecule has 0 atom stereocenters. The van der Waals surface area contributed by atoms with Gasteiger partial charge in [0.05, 0.1) is 0 Å². The Morgan fingerprint density at radius 2 is 2.45 bits per heavy atom. The Hall–Kier alpha value is -0.0800. The summed E-state index contributed by atoms with van der Waals surface area (Å²) < 4.78 is 0. The molecule has 0 saturated carbocycles. The average molecular weight is 231 g/mol. The molecule has 0 nitrogen and oxygen atoms in total.